The van der Waals surface area contributed by atoms with Crippen LogP contribution in [0, 0.1) is 0 Å². The summed E-state index contributed by atoms with van der Waals surface area (Å²) < 4.78 is 36.7. The normalized spacial score (nSPS) is 20.8. The van der Waals surface area contributed by atoms with Gasteiger partial charge in [0.1, 0.15) is 17.4 Å². The number of fused-ring (bicyclic) bond motifs is 2. The highest BCUT2D eigenvalue weighted by Gasteiger charge is 2.46. The van der Waals surface area contributed by atoms with Crippen molar-refractivity contribution < 1.29 is 37.5 Å². The molecule has 1 aliphatic carbocycles. The Balaban J connectivity index is 0.808. The van der Waals surface area contributed by atoms with E-state index in [2.05, 4.69) is 43.1 Å². The van der Waals surface area contributed by atoms with E-state index in [4.69, 9.17) is 4.74 Å². The van der Waals surface area contributed by atoms with E-state index in [9.17, 15) is 32.8 Å². The molecule has 3 N–H and O–H groups in total. The van der Waals surface area contributed by atoms with Gasteiger partial charge in [-0.1, -0.05) is 18.2 Å². The van der Waals surface area contributed by atoms with Crippen molar-refractivity contribution in [1.29, 1.82) is 0 Å². The van der Waals surface area contributed by atoms with Gasteiger partial charge < -0.3 is 20.3 Å². The van der Waals surface area contributed by atoms with Gasteiger partial charge in [-0.2, -0.15) is 10.2 Å². The molecule has 5 aromatic rings. The van der Waals surface area contributed by atoms with Gasteiger partial charge in [-0.3, -0.25) is 39.1 Å². The molecule has 61 heavy (non-hydrogen) atoms. The van der Waals surface area contributed by atoms with Crippen LogP contribution >= 0.6 is 0 Å². The largest absolute Gasteiger partial charge is 0.382 e. The molecule has 9 rings (SSSR count). The second-order valence-corrected chi connectivity index (χ2v) is 15.7. The molecule has 0 bridgehead atoms. The number of amides is 5. The maximum Gasteiger partial charge on any atom is 0.284 e. The number of halogens is 2. The minimum absolute atomic E-state index is 0.0549. The van der Waals surface area contributed by atoms with Crippen molar-refractivity contribution in [3.63, 3.8) is 0 Å². The predicted molar refractivity (Wildman–Crippen MR) is 217 cm³/mol. The molecule has 2 aromatic carbocycles. The average molecular weight is 836 g/mol. The third-order valence-electron chi connectivity index (χ3n) is 11.9. The van der Waals surface area contributed by atoms with E-state index < -0.39 is 47.7 Å². The van der Waals surface area contributed by atoms with Crippen LogP contribution in [0.25, 0.3) is 11.3 Å². The monoisotopic (exact) mass is 835 g/mol. The van der Waals surface area contributed by atoms with E-state index >= 15 is 0 Å². The minimum atomic E-state index is -2.94. The summed E-state index contributed by atoms with van der Waals surface area (Å²) in [4.78, 5) is 74.4. The third-order valence-corrected chi connectivity index (χ3v) is 11.9. The number of anilines is 3. The molecule has 6 heterocycles. The number of rotatable bonds is 11. The molecule has 1 unspecified atom stereocenters. The summed E-state index contributed by atoms with van der Waals surface area (Å²) >= 11 is 0. The molecule has 0 radical (unpaired) electrons. The van der Waals surface area contributed by atoms with E-state index in [1.807, 2.05) is 17.0 Å². The molecule has 1 saturated carbocycles. The number of hydrogen-bond donors (Lipinski definition) is 3. The van der Waals surface area contributed by atoms with Crippen LogP contribution in [0.5, 0.6) is 0 Å². The molecule has 3 aromatic heterocycles. The maximum atomic E-state index is 14.2. The second kappa shape index (κ2) is 16.5. The number of morpholine rings is 1. The van der Waals surface area contributed by atoms with Gasteiger partial charge in [0.25, 0.3) is 24.1 Å². The number of imide groups is 2. The van der Waals surface area contributed by atoms with Gasteiger partial charge in [-0.15, -0.1) is 0 Å². The van der Waals surface area contributed by atoms with Crippen molar-refractivity contribution in [3.05, 3.63) is 95.1 Å². The number of carbonyl (C=O) groups is 5. The number of aromatic nitrogens is 5. The van der Waals surface area contributed by atoms with Crippen molar-refractivity contribution in [3.8, 4) is 5.69 Å². The Morgan fingerprint density at radius 3 is 2.48 bits per heavy atom. The number of hydrogen-bond acceptors (Lipinski definition) is 12. The molecule has 0 spiro atoms. The zero-order valence-electron chi connectivity index (χ0n) is 33.2. The molecule has 3 fully saturated rings. The zero-order chi connectivity index (χ0) is 42.4. The van der Waals surface area contributed by atoms with Gasteiger partial charge in [0.15, 0.2) is 11.3 Å². The fourth-order valence-corrected chi connectivity index (χ4v) is 8.64. The first kappa shape index (κ1) is 39.8. The van der Waals surface area contributed by atoms with E-state index in [1.54, 1.807) is 42.6 Å². The lowest BCUT2D eigenvalue weighted by atomic mass is 9.89. The lowest BCUT2D eigenvalue weighted by molar-refractivity contribution is -0.136. The maximum absolute atomic E-state index is 14.2. The van der Waals surface area contributed by atoms with Gasteiger partial charge in [0.05, 0.1) is 48.1 Å². The van der Waals surface area contributed by atoms with Crippen molar-refractivity contribution >= 4 is 52.4 Å². The van der Waals surface area contributed by atoms with Crippen LogP contribution in [0.2, 0.25) is 0 Å². The van der Waals surface area contributed by atoms with Crippen LogP contribution in [0.15, 0.2) is 67.1 Å². The zero-order valence-corrected chi connectivity index (χ0v) is 33.2. The van der Waals surface area contributed by atoms with Gasteiger partial charge >= 0.3 is 0 Å². The van der Waals surface area contributed by atoms with Crippen LogP contribution in [0.4, 0.5) is 26.0 Å². The Morgan fingerprint density at radius 2 is 1.74 bits per heavy atom. The Labute approximate surface area is 348 Å². The van der Waals surface area contributed by atoms with Crippen LogP contribution in [-0.4, -0.2) is 115 Å². The number of carbonyl (C=O) groups excluding carboxylic acids is 5. The van der Waals surface area contributed by atoms with Gasteiger partial charge in [-0.25, -0.2) is 23.0 Å². The minimum Gasteiger partial charge on any atom is -0.382 e. The topological polar surface area (TPSA) is 188 Å². The third kappa shape index (κ3) is 7.81. The van der Waals surface area contributed by atoms with E-state index in [-0.39, 0.29) is 47.3 Å². The van der Waals surface area contributed by atoms with E-state index in [0.29, 0.717) is 55.7 Å². The standard InChI is InChI=1S/C42H43F2N11O6/c1-51(26-11-7-25(8-12-26)46-30-4-2-3-28-35(30)42(60)55(41(28)59)32-13-14-34(56)49-40(32)58)22-24-5-9-27(10-6-24)54-23-31(36(50-54)37(43)44)47-39(57)29-21-45-53-16-15-33(48-38(29)53)52-17-19-61-20-18-52/h2-6,9-10,15-16,21,23,25-26,32,37,46H,7-8,11-14,17-20,22H2,1H3,(H,47,57)(H,49,56,58)/t25-,26-,32?. The molecular formula is C42H43F2N11O6. The predicted octanol–water partition coefficient (Wildman–Crippen LogP) is 4.20. The molecule has 4 aliphatic rings. The van der Waals surface area contributed by atoms with Crippen molar-refractivity contribution in [2.45, 2.75) is 69.6 Å². The summed E-state index contributed by atoms with van der Waals surface area (Å²) in [6.07, 6.45) is 5.05. The van der Waals surface area contributed by atoms with Crippen molar-refractivity contribution in [2.24, 2.45) is 0 Å². The molecule has 19 heteroatoms. The number of alkyl halides is 2. The summed E-state index contributed by atoms with van der Waals surface area (Å²) in [5.41, 5.74) is 2.35. The average Bonchev–Trinajstić information content (AvgIpc) is 3.96. The number of nitrogens with one attached hydrogen (secondary N) is 3. The first-order valence-electron chi connectivity index (χ1n) is 20.3. The Kier molecular flexibility index (Phi) is 10.7. The van der Waals surface area contributed by atoms with Gasteiger partial charge in [0.2, 0.25) is 11.8 Å². The molecular weight excluding hydrogens is 793 g/mol. The van der Waals surface area contributed by atoms with Crippen LogP contribution in [-0.2, 0) is 20.9 Å². The SMILES string of the molecule is CN(Cc1ccc(-n2cc(NC(=O)c3cnn4ccc(N5CCOCC5)nc34)c(C(F)F)n2)cc1)[C@H]1CC[C@H](Nc2cccc3c2C(=O)N(C2CCC(=O)NC2=O)C3=O)CC1. The Bertz CT molecular complexity index is 2530. The highest BCUT2D eigenvalue weighted by Crippen LogP contribution is 2.35. The van der Waals surface area contributed by atoms with E-state index in [0.717, 1.165) is 36.1 Å². The van der Waals surface area contributed by atoms with Gasteiger partial charge in [0, 0.05) is 50.0 Å². The highest BCUT2D eigenvalue weighted by molar-refractivity contribution is 6.25. The first-order valence-corrected chi connectivity index (χ1v) is 20.3. The number of ether oxygens (including phenoxy) is 1. The summed E-state index contributed by atoms with van der Waals surface area (Å²) in [6.45, 7) is 3.08. The first-order chi connectivity index (χ1) is 29.5. The molecule has 5 amide bonds. The second-order valence-electron chi connectivity index (χ2n) is 15.7. The molecule has 2 saturated heterocycles. The Hall–Kier alpha value is -6.60. The Morgan fingerprint density at radius 1 is 0.967 bits per heavy atom. The summed E-state index contributed by atoms with van der Waals surface area (Å²) in [7, 11) is 2.06. The number of piperidine rings is 1. The molecule has 17 nitrogen and oxygen atoms in total. The smallest absolute Gasteiger partial charge is 0.284 e. The van der Waals surface area contributed by atoms with Crippen molar-refractivity contribution in [1.82, 2.24) is 39.5 Å². The number of benzene rings is 2. The highest BCUT2D eigenvalue weighted by atomic mass is 19.3. The van der Waals surface area contributed by atoms with Crippen LogP contribution in [0.3, 0.4) is 0 Å². The van der Waals surface area contributed by atoms with E-state index in [1.165, 1.54) is 21.6 Å². The number of nitrogens with zero attached hydrogens (tertiary/aromatic N) is 8. The van der Waals surface area contributed by atoms with Gasteiger partial charge in [-0.05, 0) is 75.0 Å². The molecule has 3 aliphatic heterocycles. The lowest BCUT2D eigenvalue weighted by Gasteiger charge is -2.35. The molecule has 1 atom stereocenters. The van der Waals surface area contributed by atoms with Crippen molar-refractivity contribution in [2.75, 3.05) is 48.9 Å². The van der Waals surface area contributed by atoms with Crippen LogP contribution < -0.4 is 20.9 Å². The quantitative estimate of drug-likeness (QED) is 0.161. The van der Waals surface area contributed by atoms with Crippen LogP contribution in [0.1, 0.15) is 87.3 Å². The summed E-state index contributed by atoms with van der Waals surface area (Å²) in [6, 6.07) is 13.6. The fourth-order valence-electron chi connectivity index (χ4n) is 8.64. The lowest BCUT2D eigenvalue weighted by Crippen LogP contribution is -2.54. The molecule has 316 valence electrons. The summed E-state index contributed by atoms with van der Waals surface area (Å²) in [5.74, 6) is -2.12. The summed E-state index contributed by atoms with van der Waals surface area (Å²) in [5, 5.41) is 16.7. The fraction of sp³-hybridized carbons (Fsp3) is 0.381.